The first kappa shape index (κ1) is 12.3. The summed E-state index contributed by atoms with van der Waals surface area (Å²) in [7, 11) is 3.55. The summed E-state index contributed by atoms with van der Waals surface area (Å²) in [5.41, 5.74) is 2.25. The van der Waals surface area contributed by atoms with Gasteiger partial charge in [0, 0.05) is 25.1 Å². The first-order valence-corrected chi connectivity index (χ1v) is 6.76. The number of nitrogens with one attached hydrogen (secondary N) is 1. The van der Waals surface area contributed by atoms with Crippen LogP contribution in [0.25, 0.3) is 0 Å². The molecule has 1 atom stereocenters. The molecule has 0 bridgehead atoms. The molecule has 0 aromatic carbocycles. The molecule has 2 rings (SSSR count). The minimum absolute atomic E-state index is 0.0499. The van der Waals surface area contributed by atoms with Crippen LogP contribution in [0.4, 0.5) is 0 Å². The third kappa shape index (κ3) is 2.57. The standard InChI is InChI=1S/C13H18N2OS/c1-4-11-14-13-9(8-12(16)15(2)3)6-5-7-10(13)17-11/h5,7-8,11,14H,4,6H2,1-3H3. The van der Waals surface area contributed by atoms with E-state index in [4.69, 9.17) is 0 Å². The van der Waals surface area contributed by atoms with Crippen LogP contribution in [-0.2, 0) is 4.79 Å². The van der Waals surface area contributed by atoms with E-state index in [1.54, 1.807) is 25.1 Å². The predicted molar refractivity (Wildman–Crippen MR) is 72.4 cm³/mol. The van der Waals surface area contributed by atoms with Crippen molar-refractivity contribution in [1.29, 1.82) is 0 Å². The van der Waals surface area contributed by atoms with Crippen LogP contribution in [0, 0.1) is 0 Å². The van der Waals surface area contributed by atoms with Gasteiger partial charge in [0.05, 0.1) is 11.1 Å². The Morgan fingerprint density at radius 1 is 1.65 bits per heavy atom. The molecular formula is C13H18N2OS. The first-order valence-electron chi connectivity index (χ1n) is 5.88. The largest absolute Gasteiger partial charge is 0.372 e. The summed E-state index contributed by atoms with van der Waals surface area (Å²) in [6.45, 7) is 2.17. The van der Waals surface area contributed by atoms with Gasteiger partial charge in [0.15, 0.2) is 0 Å². The molecule has 1 aliphatic carbocycles. The Labute approximate surface area is 107 Å². The number of nitrogens with zero attached hydrogens (tertiary/aromatic N) is 1. The number of allylic oxidation sites excluding steroid dienone is 3. The van der Waals surface area contributed by atoms with Gasteiger partial charge in [-0.1, -0.05) is 30.8 Å². The lowest BCUT2D eigenvalue weighted by Gasteiger charge is -2.15. The molecule has 0 spiro atoms. The van der Waals surface area contributed by atoms with E-state index >= 15 is 0 Å². The SMILES string of the molecule is CCC1NC2=C(C=CCC2=CC(=O)N(C)C)S1. The zero-order chi connectivity index (χ0) is 12.4. The van der Waals surface area contributed by atoms with Crippen LogP contribution in [0.5, 0.6) is 0 Å². The number of hydrogen-bond donors (Lipinski definition) is 1. The number of hydrogen-bond acceptors (Lipinski definition) is 3. The van der Waals surface area contributed by atoms with Crippen molar-refractivity contribution in [2.24, 2.45) is 0 Å². The van der Waals surface area contributed by atoms with Crippen molar-refractivity contribution in [2.75, 3.05) is 14.1 Å². The zero-order valence-electron chi connectivity index (χ0n) is 10.5. The molecule has 4 heteroatoms. The van der Waals surface area contributed by atoms with Crippen molar-refractivity contribution in [3.8, 4) is 0 Å². The molecule has 0 saturated carbocycles. The second kappa shape index (κ2) is 5.00. The number of amides is 1. The normalized spacial score (nSPS) is 24.9. The Morgan fingerprint density at radius 2 is 2.41 bits per heavy atom. The topological polar surface area (TPSA) is 32.3 Å². The summed E-state index contributed by atoms with van der Waals surface area (Å²) in [6.07, 6.45) is 7.94. The summed E-state index contributed by atoms with van der Waals surface area (Å²) in [6, 6.07) is 0. The molecule has 0 saturated heterocycles. The van der Waals surface area contributed by atoms with Gasteiger partial charge < -0.3 is 10.2 Å². The van der Waals surface area contributed by atoms with Crippen molar-refractivity contribution < 1.29 is 4.79 Å². The van der Waals surface area contributed by atoms with Crippen LogP contribution in [-0.4, -0.2) is 30.3 Å². The Bertz CT molecular complexity index is 421. The number of carbonyl (C=O) groups is 1. The van der Waals surface area contributed by atoms with Gasteiger partial charge >= 0.3 is 0 Å². The molecule has 3 nitrogen and oxygen atoms in total. The molecule has 1 heterocycles. The average molecular weight is 250 g/mol. The number of likely N-dealkylation sites (N-methyl/N-ethyl adjacent to an activating group) is 1. The van der Waals surface area contributed by atoms with Gasteiger partial charge in [-0.25, -0.2) is 0 Å². The van der Waals surface area contributed by atoms with Crippen LogP contribution >= 0.6 is 11.8 Å². The first-order chi connectivity index (χ1) is 8.11. The van der Waals surface area contributed by atoms with E-state index < -0.39 is 0 Å². The molecule has 17 heavy (non-hydrogen) atoms. The predicted octanol–water partition coefficient (Wildman–Crippen LogP) is 2.25. The third-order valence-corrected chi connectivity index (χ3v) is 4.19. The molecule has 2 aliphatic rings. The fourth-order valence-corrected chi connectivity index (χ4v) is 2.97. The van der Waals surface area contributed by atoms with Gasteiger partial charge in [0.25, 0.3) is 0 Å². The smallest absolute Gasteiger partial charge is 0.246 e. The van der Waals surface area contributed by atoms with E-state index in [9.17, 15) is 4.79 Å². The van der Waals surface area contributed by atoms with Gasteiger partial charge in [-0.2, -0.15) is 0 Å². The fraction of sp³-hybridized carbons (Fsp3) is 0.462. The Kier molecular flexibility index (Phi) is 3.62. The van der Waals surface area contributed by atoms with Gasteiger partial charge in [-0.15, -0.1) is 0 Å². The molecule has 1 unspecified atom stereocenters. The maximum Gasteiger partial charge on any atom is 0.246 e. The van der Waals surface area contributed by atoms with Crippen LogP contribution in [0.1, 0.15) is 19.8 Å². The Hall–Kier alpha value is -1.16. The highest BCUT2D eigenvalue weighted by Gasteiger charge is 2.25. The summed E-state index contributed by atoms with van der Waals surface area (Å²) in [4.78, 5) is 14.6. The lowest BCUT2D eigenvalue weighted by molar-refractivity contribution is -0.123. The van der Waals surface area contributed by atoms with E-state index in [1.807, 2.05) is 11.8 Å². The molecule has 0 fully saturated rings. The van der Waals surface area contributed by atoms with Gasteiger partial charge in [-0.3, -0.25) is 4.79 Å². The molecule has 0 aromatic heterocycles. The lowest BCUT2D eigenvalue weighted by Crippen LogP contribution is -2.23. The van der Waals surface area contributed by atoms with Gasteiger partial charge in [0.1, 0.15) is 0 Å². The van der Waals surface area contributed by atoms with Crippen molar-refractivity contribution in [3.05, 3.63) is 34.4 Å². The van der Waals surface area contributed by atoms with E-state index in [-0.39, 0.29) is 5.91 Å². The molecule has 1 aliphatic heterocycles. The molecular weight excluding hydrogens is 232 g/mol. The number of thioether (sulfide) groups is 1. The maximum absolute atomic E-state index is 11.7. The van der Waals surface area contributed by atoms with Crippen LogP contribution < -0.4 is 5.32 Å². The van der Waals surface area contributed by atoms with Gasteiger partial charge in [0.2, 0.25) is 5.91 Å². The average Bonchev–Trinajstić information content (AvgIpc) is 2.72. The number of carbonyl (C=O) groups excluding carboxylic acids is 1. The molecule has 1 amide bonds. The molecule has 1 N–H and O–H groups in total. The van der Waals surface area contributed by atoms with E-state index in [0.29, 0.717) is 5.37 Å². The maximum atomic E-state index is 11.7. The monoisotopic (exact) mass is 250 g/mol. The zero-order valence-corrected chi connectivity index (χ0v) is 11.3. The lowest BCUT2D eigenvalue weighted by atomic mass is 10.0. The summed E-state index contributed by atoms with van der Waals surface area (Å²) in [5, 5.41) is 3.93. The molecule has 0 radical (unpaired) electrons. The summed E-state index contributed by atoms with van der Waals surface area (Å²) >= 11 is 1.85. The van der Waals surface area contributed by atoms with Crippen LogP contribution in [0.2, 0.25) is 0 Å². The number of rotatable bonds is 2. The summed E-state index contributed by atoms with van der Waals surface area (Å²) in [5.74, 6) is 0.0499. The molecule has 92 valence electrons. The fourth-order valence-electron chi connectivity index (χ4n) is 1.84. The van der Waals surface area contributed by atoms with E-state index in [0.717, 1.165) is 24.1 Å². The van der Waals surface area contributed by atoms with Crippen molar-refractivity contribution >= 4 is 17.7 Å². The highest BCUT2D eigenvalue weighted by Crippen LogP contribution is 2.39. The van der Waals surface area contributed by atoms with Crippen molar-refractivity contribution in [3.63, 3.8) is 0 Å². The Morgan fingerprint density at radius 3 is 3.06 bits per heavy atom. The van der Waals surface area contributed by atoms with Crippen LogP contribution in [0.3, 0.4) is 0 Å². The second-order valence-corrected chi connectivity index (χ2v) is 5.65. The van der Waals surface area contributed by atoms with E-state index in [1.165, 1.54) is 4.91 Å². The second-order valence-electron chi connectivity index (χ2n) is 4.41. The summed E-state index contributed by atoms with van der Waals surface area (Å²) < 4.78 is 0. The molecule has 0 aromatic rings. The van der Waals surface area contributed by atoms with Crippen LogP contribution in [0.15, 0.2) is 34.4 Å². The highest BCUT2D eigenvalue weighted by molar-refractivity contribution is 8.04. The van der Waals surface area contributed by atoms with Crippen molar-refractivity contribution in [1.82, 2.24) is 10.2 Å². The minimum Gasteiger partial charge on any atom is -0.372 e. The third-order valence-electron chi connectivity index (χ3n) is 2.86. The van der Waals surface area contributed by atoms with E-state index in [2.05, 4.69) is 24.4 Å². The minimum atomic E-state index is 0.0499. The highest BCUT2D eigenvalue weighted by atomic mass is 32.2. The van der Waals surface area contributed by atoms with Gasteiger partial charge in [-0.05, 0) is 18.4 Å². The van der Waals surface area contributed by atoms with Crippen molar-refractivity contribution in [2.45, 2.75) is 25.1 Å². The quantitative estimate of drug-likeness (QED) is 0.763. The Balaban J connectivity index is 2.21.